The summed E-state index contributed by atoms with van der Waals surface area (Å²) in [6.45, 7) is 1.03. The van der Waals surface area contributed by atoms with E-state index >= 15 is 0 Å². The van der Waals surface area contributed by atoms with Crippen molar-refractivity contribution in [2.45, 2.75) is 34.6 Å². The minimum atomic E-state index is -4.02. The second-order valence-corrected chi connectivity index (χ2v) is 11.7. The molecule has 1 aliphatic rings. The number of anilines is 1. The number of carbonyl (C=O) groups excluding carboxylic acids is 2. The minimum Gasteiger partial charge on any atom is -0.325 e. The zero-order valence-corrected chi connectivity index (χ0v) is 19.8. The van der Waals surface area contributed by atoms with Crippen LogP contribution in [0.25, 0.3) is 0 Å². The molecule has 0 spiro atoms. The number of hydrogen-bond donors (Lipinski definition) is 2. The summed E-state index contributed by atoms with van der Waals surface area (Å²) in [6.07, 6.45) is 0.106. The number of rotatable bonds is 6. The van der Waals surface area contributed by atoms with Crippen molar-refractivity contribution >= 4 is 60.8 Å². The summed E-state index contributed by atoms with van der Waals surface area (Å²) in [5.74, 6) is -1.34. The van der Waals surface area contributed by atoms with Gasteiger partial charge in [0.15, 0.2) is 0 Å². The lowest BCUT2D eigenvalue weighted by atomic mass is 10.2. The molecule has 13 heteroatoms. The summed E-state index contributed by atoms with van der Waals surface area (Å²) in [4.78, 5) is 23.7. The number of nitrogens with zero attached hydrogens (tertiary/aromatic N) is 1. The molecule has 0 aromatic heterocycles. The van der Waals surface area contributed by atoms with Gasteiger partial charge in [0.2, 0.25) is 21.8 Å². The Hall–Kier alpha value is -2.18. The highest BCUT2D eigenvalue weighted by Crippen LogP contribution is 2.30. The largest absolute Gasteiger partial charge is 0.325 e. The van der Waals surface area contributed by atoms with Crippen molar-refractivity contribution in [2.75, 3.05) is 11.9 Å². The van der Waals surface area contributed by atoms with Crippen LogP contribution in [0.15, 0.2) is 58.3 Å². The van der Waals surface area contributed by atoms with Crippen molar-refractivity contribution in [3.05, 3.63) is 53.6 Å². The Kier molecular flexibility index (Phi) is 7.15. The van der Waals surface area contributed by atoms with Crippen molar-refractivity contribution < 1.29 is 26.4 Å². The normalized spacial score (nSPS) is 19.5. The van der Waals surface area contributed by atoms with Gasteiger partial charge in [-0.1, -0.05) is 11.6 Å². The Morgan fingerprint density at radius 3 is 2.09 bits per heavy atom. The molecule has 2 aromatic rings. The van der Waals surface area contributed by atoms with Gasteiger partial charge in [-0.15, -0.1) is 11.6 Å². The molecule has 2 N–H and O–H groups in total. The summed E-state index contributed by atoms with van der Waals surface area (Å²) in [6, 6.07) is 9.61. The summed E-state index contributed by atoms with van der Waals surface area (Å²) < 4.78 is 53.0. The highest BCUT2D eigenvalue weighted by atomic mass is 35.5. The molecule has 9 nitrogen and oxygen atoms in total. The number of alkyl halides is 1. The minimum absolute atomic E-state index is 0.0157. The van der Waals surface area contributed by atoms with Gasteiger partial charge in [-0.05, 0) is 55.0 Å². The SMILES string of the molecule is CC(=O)NS(=O)(=O)c1ccc(NC(=O)[C@H]2C[C@@H](Cl)CN2S(=O)(=O)c2ccc(Cl)cc2)cc1. The van der Waals surface area contributed by atoms with E-state index < -0.39 is 43.3 Å². The number of hydrogen-bond acceptors (Lipinski definition) is 6. The first kappa shape index (κ1) is 24.5. The number of amides is 2. The van der Waals surface area contributed by atoms with Crippen molar-refractivity contribution in [1.82, 2.24) is 9.03 Å². The van der Waals surface area contributed by atoms with Crippen LogP contribution in [-0.2, 0) is 29.6 Å². The fourth-order valence-electron chi connectivity index (χ4n) is 3.19. The maximum absolute atomic E-state index is 13.0. The molecule has 0 unspecified atom stereocenters. The molecule has 1 fully saturated rings. The third kappa shape index (κ3) is 5.41. The monoisotopic (exact) mass is 519 g/mol. The van der Waals surface area contributed by atoms with Gasteiger partial charge in [-0.2, -0.15) is 4.31 Å². The van der Waals surface area contributed by atoms with Crippen LogP contribution < -0.4 is 10.0 Å². The zero-order chi connectivity index (χ0) is 23.7. The fourth-order valence-corrected chi connectivity index (χ4v) is 6.35. The molecule has 0 bridgehead atoms. The van der Waals surface area contributed by atoms with Crippen molar-refractivity contribution in [3.8, 4) is 0 Å². The second-order valence-electron chi connectivity index (χ2n) is 7.05. The van der Waals surface area contributed by atoms with Crippen LogP contribution in [0.2, 0.25) is 5.02 Å². The summed E-state index contributed by atoms with van der Waals surface area (Å²) in [5.41, 5.74) is 0.249. The lowest BCUT2D eigenvalue weighted by Crippen LogP contribution is -2.43. The molecular formula is C19H19Cl2N3O6S2. The lowest BCUT2D eigenvalue weighted by molar-refractivity contribution is -0.119. The second kappa shape index (κ2) is 9.36. The summed E-state index contributed by atoms with van der Waals surface area (Å²) in [5, 5.41) is 2.40. The molecule has 2 atom stereocenters. The Balaban J connectivity index is 1.79. The number of halogens is 2. The molecule has 2 aromatic carbocycles. The van der Waals surface area contributed by atoms with E-state index in [0.717, 1.165) is 11.2 Å². The number of sulfonamides is 2. The maximum Gasteiger partial charge on any atom is 0.264 e. The van der Waals surface area contributed by atoms with Gasteiger partial charge in [0.1, 0.15) is 6.04 Å². The van der Waals surface area contributed by atoms with E-state index in [1.165, 1.54) is 48.5 Å². The first-order valence-electron chi connectivity index (χ1n) is 9.26. The first-order valence-corrected chi connectivity index (χ1v) is 13.0. The molecule has 32 heavy (non-hydrogen) atoms. The lowest BCUT2D eigenvalue weighted by Gasteiger charge is -2.23. The van der Waals surface area contributed by atoms with Crippen LogP contribution in [0, 0.1) is 0 Å². The molecule has 172 valence electrons. The van der Waals surface area contributed by atoms with Crippen LogP contribution in [0.3, 0.4) is 0 Å². The molecule has 0 radical (unpaired) electrons. The standard InChI is InChI=1S/C19H19Cl2N3O6S2/c1-12(25)23-31(27,28)16-8-4-15(5-9-16)22-19(26)18-10-14(21)11-24(18)32(29,30)17-6-2-13(20)3-7-17/h2-9,14,18H,10-11H2,1H3,(H,22,26)(H,23,25)/t14-,18-/m1/s1. The van der Waals surface area contributed by atoms with Crippen molar-refractivity contribution in [2.24, 2.45) is 0 Å². The zero-order valence-electron chi connectivity index (χ0n) is 16.7. The molecular weight excluding hydrogens is 501 g/mol. The van der Waals surface area contributed by atoms with Gasteiger partial charge in [0, 0.05) is 29.6 Å². The molecule has 3 rings (SSSR count). The third-order valence-electron chi connectivity index (χ3n) is 4.64. The Morgan fingerprint density at radius 2 is 1.53 bits per heavy atom. The van der Waals surface area contributed by atoms with E-state index in [1.807, 2.05) is 4.72 Å². The topological polar surface area (TPSA) is 130 Å². The summed E-state index contributed by atoms with van der Waals surface area (Å²) in [7, 11) is -8.02. The van der Waals surface area contributed by atoms with Crippen LogP contribution in [-0.4, -0.2) is 50.9 Å². The van der Waals surface area contributed by atoms with Gasteiger partial charge < -0.3 is 5.32 Å². The fraction of sp³-hybridized carbons (Fsp3) is 0.263. The van der Waals surface area contributed by atoms with Gasteiger partial charge in [-0.3, -0.25) is 9.59 Å². The van der Waals surface area contributed by atoms with Gasteiger partial charge in [0.25, 0.3) is 10.0 Å². The predicted molar refractivity (Wildman–Crippen MR) is 119 cm³/mol. The van der Waals surface area contributed by atoms with E-state index in [2.05, 4.69) is 5.32 Å². The van der Waals surface area contributed by atoms with E-state index in [0.29, 0.717) is 5.02 Å². The van der Waals surface area contributed by atoms with Crippen molar-refractivity contribution in [1.29, 1.82) is 0 Å². The highest BCUT2D eigenvalue weighted by Gasteiger charge is 2.43. The Bertz CT molecular complexity index is 1230. The van der Waals surface area contributed by atoms with E-state index in [1.54, 1.807) is 0 Å². The average molecular weight is 520 g/mol. The van der Waals surface area contributed by atoms with E-state index in [-0.39, 0.29) is 28.4 Å². The maximum atomic E-state index is 13.0. The summed E-state index contributed by atoms with van der Waals surface area (Å²) >= 11 is 12.0. The molecule has 0 aliphatic carbocycles. The predicted octanol–water partition coefficient (Wildman–Crippen LogP) is 2.17. The number of benzene rings is 2. The molecule has 1 saturated heterocycles. The van der Waals surface area contributed by atoms with Crippen LogP contribution in [0.4, 0.5) is 5.69 Å². The smallest absolute Gasteiger partial charge is 0.264 e. The molecule has 0 saturated carbocycles. The Labute approximate surface area is 195 Å². The van der Waals surface area contributed by atoms with Crippen molar-refractivity contribution in [3.63, 3.8) is 0 Å². The van der Waals surface area contributed by atoms with E-state index in [9.17, 15) is 26.4 Å². The highest BCUT2D eigenvalue weighted by molar-refractivity contribution is 7.90. The third-order valence-corrected chi connectivity index (χ3v) is 8.54. The molecule has 2 amide bonds. The Morgan fingerprint density at radius 1 is 0.969 bits per heavy atom. The van der Waals surface area contributed by atoms with Gasteiger partial charge in [-0.25, -0.2) is 21.6 Å². The van der Waals surface area contributed by atoms with E-state index in [4.69, 9.17) is 23.2 Å². The van der Waals surface area contributed by atoms with Crippen LogP contribution in [0.5, 0.6) is 0 Å². The molecule has 1 aliphatic heterocycles. The van der Waals surface area contributed by atoms with Gasteiger partial charge >= 0.3 is 0 Å². The quantitative estimate of drug-likeness (QED) is 0.562. The van der Waals surface area contributed by atoms with Crippen LogP contribution >= 0.6 is 23.2 Å². The number of nitrogens with one attached hydrogen (secondary N) is 2. The van der Waals surface area contributed by atoms with Gasteiger partial charge in [0.05, 0.1) is 9.79 Å². The average Bonchev–Trinajstić information content (AvgIpc) is 3.10. The number of carbonyl (C=O) groups is 2. The first-order chi connectivity index (χ1) is 14.9. The molecule has 1 heterocycles. The van der Waals surface area contributed by atoms with Crippen LogP contribution in [0.1, 0.15) is 13.3 Å².